The van der Waals surface area contributed by atoms with E-state index in [9.17, 15) is 4.57 Å². The van der Waals surface area contributed by atoms with E-state index in [-0.39, 0.29) is 0 Å². The molecule has 0 heterocycles. The highest BCUT2D eigenvalue weighted by molar-refractivity contribution is 8.13. The van der Waals surface area contributed by atoms with Gasteiger partial charge < -0.3 is 0 Å². The lowest BCUT2D eigenvalue weighted by molar-refractivity contribution is 0.547. The highest BCUT2D eigenvalue weighted by atomic mass is 35.9. The Kier molecular flexibility index (Phi) is 7.50. The Labute approximate surface area is 134 Å². The number of alkyl halides is 1. The fourth-order valence-corrected chi connectivity index (χ4v) is 8.30. The van der Waals surface area contributed by atoms with Crippen LogP contribution in [0.5, 0.6) is 0 Å². The van der Waals surface area contributed by atoms with Gasteiger partial charge in [0.15, 0.2) is 5.76 Å². The van der Waals surface area contributed by atoms with E-state index in [1.807, 2.05) is 13.8 Å². The summed E-state index contributed by atoms with van der Waals surface area (Å²) in [5.41, 5.74) is 0. The van der Waals surface area contributed by atoms with Gasteiger partial charge in [0.25, 0.3) is 5.85 Å². The number of hydrogen-bond acceptors (Lipinski definition) is 2. The van der Waals surface area contributed by atoms with Crippen LogP contribution >= 0.6 is 68.2 Å². The minimum Gasteiger partial charge on any atom is -0.287 e. The Hall–Kier alpha value is 1.91. The summed E-state index contributed by atoms with van der Waals surface area (Å²) in [6, 6.07) is 0. The van der Waals surface area contributed by atoms with Gasteiger partial charge in [-0.2, -0.15) is 0 Å². The molecule has 0 aliphatic rings. The molecule has 0 aliphatic heterocycles. The molecule has 1 unspecified atom stereocenters. The quantitative estimate of drug-likeness (QED) is 0.330. The van der Waals surface area contributed by atoms with Gasteiger partial charge in [-0.25, -0.2) is 0 Å². The van der Waals surface area contributed by atoms with Crippen molar-refractivity contribution in [2.45, 2.75) is 56.9 Å². The minimum atomic E-state index is -3.50. The summed E-state index contributed by atoms with van der Waals surface area (Å²) in [6.07, 6.45) is 1.49. The zero-order valence-electron chi connectivity index (χ0n) is 10.8. The maximum absolute atomic E-state index is 11.9. The second kappa shape index (κ2) is 6.78. The van der Waals surface area contributed by atoms with E-state index in [0.29, 0.717) is 19.3 Å². The Morgan fingerprint density at radius 1 is 1.00 bits per heavy atom. The fourth-order valence-electron chi connectivity index (χ4n) is 1.30. The topological polar surface area (TPSA) is 29.4 Å². The number of nitrogens with zero attached hydrogens (tertiary/aromatic N) is 1. The first-order valence-electron chi connectivity index (χ1n) is 5.60. The van der Waals surface area contributed by atoms with Crippen molar-refractivity contribution in [2.75, 3.05) is 0 Å². The molecule has 2 nitrogen and oxygen atoms in total. The molecule has 0 aliphatic carbocycles. The summed E-state index contributed by atoms with van der Waals surface area (Å²) in [7, 11) is 0. The lowest BCUT2D eigenvalue weighted by atomic mass is 10.2. The molecule has 0 aromatic heterocycles. The molecule has 0 radical (unpaired) electrons. The van der Waals surface area contributed by atoms with Crippen LogP contribution in [0.4, 0.5) is 0 Å². The molecule has 0 fully saturated rings. The second-order valence-corrected chi connectivity index (χ2v) is 16.0. The van der Waals surface area contributed by atoms with Crippen LogP contribution in [-0.2, 0) is 4.57 Å². The van der Waals surface area contributed by atoms with Crippen LogP contribution in [0.1, 0.15) is 47.0 Å². The summed E-state index contributed by atoms with van der Waals surface area (Å²) < 4.78 is 15.4. The van der Waals surface area contributed by atoms with Crippen molar-refractivity contribution >= 4 is 68.2 Å². The minimum absolute atomic E-state index is 0.374. The summed E-state index contributed by atoms with van der Waals surface area (Å²) in [6.45, 7) is 7.14. The van der Waals surface area contributed by atoms with Gasteiger partial charge in [0.1, 0.15) is 9.90 Å². The maximum atomic E-state index is 11.9. The molecule has 0 rings (SSSR count). The first-order chi connectivity index (χ1) is 7.89. The summed E-state index contributed by atoms with van der Waals surface area (Å²) in [5.74, 6) is -6.40. The summed E-state index contributed by atoms with van der Waals surface area (Å²) >= 11 is 30.7. The first kappa shape index (κ1) is 19.9. The molecule has 9 heteroatoms. The van der Waals surface area contributed by atoms with Crippen molar-refractivity contribution in [2.24, 2.45) is 4.74 Å². The molecule has 0 aromatic carbocycles. The van der Waals surface area contributed by atoms with Gasteiger partial charge in [-0.05, 0) is 48.7 Å². The number of rotatable bonds is 6. The summed E-state index contributed by atoms with van der Waals surface area (Å²) in [5, 5.41) is -1.17. The average molecular weight is 395 g/mol. The van der Waals surface area contributed by atoms with Crippen LogP contribution in [0.2, 0.25) is 0 Å². The predicted molar refractivity (Wildman–Crippen MR) is 88.2 cm³/mol. The Bertz CT molecular complexity index is 386. The molecule has 0 saturated heterocycles. The molecule has 0 saturated carbocycles. The monoisotopic (exact) mass is 393 g/mol. The van der Waals surface area contributed by atoms with Gasteiger partial charge in [-0.15, -0.1) is 11.6 Å². The van der Waals surface area contributed by atoms with Crippen LogP contribution in [0.3, 0.4) is 0 Å². The third-order valence-corrected chi connectivity index (χ3v) is 13.5. The standard InChI is InChI=1S/C9H18Cl5NOP2/c1-5-8(4,18(13,14)16)15-17(11,12)9(10,6-2)7-3/h5-7H2,1-4H3. The first-order valence-corrected chi connectivity index (χ1v) is 13.0. The van der Waals surface area contributed by atoms with E-state index < -0.39 is 21.5 Å². The SMILES string of the molecule is CCC(C)(N=P(Cl)(Cl)C(Cl)(CC)CC)P(=O)(Cl)Cl. The Morgan fingerprint density at radius 3 is 1.61 bits per heavy atom. The van der Waals surface area contributed by atoms with E-state index in [1.54, 1.807) is 13.8 Å². The number of halogens is 5. The van der Waals surface area contributed by atoms with E-state index in [2.05, 4.69) is 4.74 Å². The van der Waals surface area contributed by atoms with Gasteiger partial charge in [-0.3, -0.25) is 9.31 Å². The third-order valence-electron chi connectivity index (χ3n) is 3.14. The van der Waals surface area contributed by atoms with Gasteiger partial charge in [0, 0.05) is 0 Å². The Morgan fingerprint density at radius 2 is 1.39 bits per heavy atom. The van der Waals surface area contributed by atoms with Crippen molar-refractivity contribution in [3.8, 4) is 0 Å². The normalized spacial score (nSPS) is 17.4. The molecule has 0 spiro atoms. The zero-order valence-corrected chi connectivity index (χ0v) is 16.3. The third kappa shape index (κ3) is 4.20. The highest BCUT2D eigenvalue weighted by Crippen LogP contribution is 2.79. The Balaban J connectivity index is 5.86. The number of hydrogen-bond donors (Lipinski definition) is 0. The molecule has 0 bridgehead atoms. The van der Waals surface area contributed by atoms with E-state index in [1.165, 1.54) is 0 Å². The molecule has 0 amide bonds. The van der Waals surface area contributed by atoms with Gasteiger partial charge in [0.05, 0.1) is 0 Å². The maximum Gasteiger partial charge on any atom is 0.279 e. The van der Waals surface area contributed by atoms with Crippen LogP contribution < -0.4 is 0 Å². The van der Waals surface area contributed by atoms with Crippen molar-refractivity contribution in [3.63, 3.8) is 0 Å². The fraction of sp³-hybridized carbons (Fsp3) is 1.00. The molecule has 110 valence electrons. The van der Waals surface area contributed by atoms with Crippen molar-refractivity contribution in [3.05, 3.63) is 0 Å². The van der Waals surface area contributed by atoms with Crippen LogP contribution in [-0.4, -0.2) is 9.90 Å². The zero-order chi connectivity index (χ0) is 14.8. The lowest BCUT2D eigenvalue weighted by Gasteiger charge is -2.34. The molecular formula is C9H18Cl5NOP2. The predicted octanol–water partition coefficient (Wildman–Crippen LogP) is 8.05. The van der Waals surface area contributed by atoms with Crippen molar-refractivity contribution < 1.29 is 4.57 Å². The van der Waals surface area contributed by atoms with Crippen LogP contribution in [0, 0.1) is 0 Å². The van der Waals surface area contributed by atoms with Gasteiger partial charge in [-0.1, -0.05) is 43.3 Å². The van der Waals surface area contributed by atoms with Crippen LogP contribution in [0.15, 0.2) is 4.74 Å². The van der Waals surface area contributed by atoms with Gasteiger partial charge in [0.2, 0.25) is 0 Å². The molecule has 0 N–H and O–H groups in total. The average Bonchev–Trinajstić information content (AvgIpc) is 2.25. The lowest BCUT2D eigenvalue weighted by Crippen LogP contribution is -2.20. The molecular weight excluding hydrogens is 377 g/mol. The van der Waals surface area contributed by atoms with Gasteiger partial charge >= 0.3 is 0 Å². The smallest absolute Gasteiger partial charge is 0.279 e. The largest absolute Gasteiger partial charge is 0.287 e. The van der Waals surface area contributed by atoms with E-state index in [0.717, 1.165) is 0 Å². The van der Waals surface area contributed by atoms with E-state index in [4.69, 9.17) is 56.6 Å². The van der Waals surface area contributed by atoms with Crippen molar-refractivity contribution in [1.29, 1.82) is 0 Å². The highest BCUT2D eigenvalue weighted by Gasteiger charge is 2.46. The van der Waals surface area contributed by atoms with Crippen LogP contribution in [0.25, 0.3) is 0 Å². The summed E-state index contributed by atoms with van der Waals surface area (Å²) in [4.78, 5) is 0. The second-order valence-electron chi connectivity index (χ2n) is 4.24. The molecule has 1 atom stereocenters. The molecule has 18 heavy (non-hydrogen) atoms. The van der Waals surface area contributed by atoms with E-state index >= 15 is 0 Å². The van der Waals surface area contributed by atoms with Crippen molar-refractivity contribution in [1.82, 2.24) is 0 Å². The molecule has 0 aromatic rings.